The minimum Gasteiger partial charge on any atom is -0.395 e. The van der Waals surface area contributed by atoms with Crippen molar-refractivity contribution in [3.05, 3.63) is 24.3 Å². The van der Waals surface area contributed by atoms with Crippen LogP contribution < -0.4 is 5.32 Å². The quantitative estimate of drug-likeness (QED) is 0.631. The molecule has 0 fully saturated rings. The fourth-order valence-electron chi connectivity index (χ4n) is 0.713. The number of rotatable bonds is 3. The minimum absolute atomic E-state index is 0.0317. The van der Waals surface area contributed by atoms with Gasteiger partial charge in [0.05, 0.1) is 6.61 Å². The van der Waals surface area contributed by atoms with Gasteiger partial charge >= 0.3 is 0 Å². The second-order valence-electron chi connectivity index (χ2n) is 2.02. The van der Waals surface area contributed by atoms with E-state index in [1.165, 1.54) is 12.3 Å². The van der Waals surface area contributed by atoms with E-state index >= 15 is 0 Å². The van der Waals surface area contributed by atoms with Crippen LogP contribution in [0.3, 0.4) is 0 Å². The molecule has 0 aromatic carbocycles. The zero-order valence-corrected chi connectivity index (χ0v) is 5.92. The van der Waals surface area contributed by atoms with Crippen LogP contribution in [0.15, 0.2) is 18.3 Å². The summed E-state index contributed by atoms with van der Waals surface area (Å²) in [5.41, 5.74) is 0.631. The maximum absolute atomic E-state index is 12.4. The Balaban J connectivity index is 2.56. The molecule has 3 nitrogen and oxygen atoms in total. The van der Waals surface area contributed by atoms with Gasteiger partial charge in [0.1, 0.15) is 0 Å². The number of halogens is 1. The van der Waals surface area contributed by atoms with Crippen molar-refractivity contribution in [3.63, 3.8) is 0 Å². The number of anilines is 1. The zero-order chi connectivity index (χ0) is 8.10. The third-order valence-electron chi connectivity index (χ3n) is 1.17. The van der Waals surface area contributed by atoms with Crippen LogP contribution in [0.1, 0.15) is 0 Å². The molecule has 1 heterocycles. The van der Waals surface area contributed by atoms with Crippen molar-refractivity contribution in [2.45, 2.75) is 0 Å². The first kappa shape index (κ1) is 7.94. The molecule has 1 aromatic rings. The van der Waals surface area contributed by atoms with Crippen molar-refractivity contribution in [2.75, 3.05) is 18.5 Å². The highest BCUT2D eigenvalue weighted by Crippen LogP contribution is 2.05. The molecule has 0 amide bonds. The van der Waals surface area contributed by atoms with E-state index in [-0.39, 0.29) is 6.61 Å². The average molecular weight is 156 g/mol. The van der Waals surface area contributed by atoms with E-state index in [2.05, 4.69) is 10.3 Å². The lowest BCUT2D eigenvalue weighted by atomic mass is 10.4. The highest BCUT2D eigenvalue weighted by atomic mass is 19.1. The predicted octanol–water partition coefficient (Wildman–Crippen LogP) is 0.625. The van der Waals surface area contributed by atoms with Crippen molar-refractivity contribution in [2.24, 2.45) is 0 Å². The molecular formula is C7H9FN2O. The Morgan fingerprint density at radius 1 is 1.64 bits per heavy atom. The number of aromatic nitrogens is 1. The lowest BCUT2D eigenvalue weighted by molar-refractivity contribution is 0.311. The highest BCUT2D eigenvalue weighted by Gasteiger charge is 1.92. The van der Waals surface area contributed by atoms with Gasteiger partial charge in [-0.05, 0) is 6.07 Å². The van der Waals surface area contributed by atoms with Gasteiger partial charge in [-0.25, -0.2) is 4.98 Å². The molecule has 0 atom stereocenters. The van der Waals surface area contributed by atoms with E-state index < -0.39 is 5.95 Å². The SMILES string of the molecule is OCCNc1ccnc(F)c1. The van der Waals surface area contributed by atoms with E-state index in [4.69, 9.17) is 5.11 Å². The lowest BCUT2D eigenvalue weighted by Gasteiger charge is -2.01. The third kappa shape index (κ3) is 2.51. The largest absolute Gasteiger partial charge is 0.395 e. The highest BCUT2D eigenvalue weighted by molar-refractivity contribution is 5.40. The number of nitrogens with zero attached hydrogens (tertiary/aromatic N) is 1. The molecular weight excluding hydrogens is 147 g/mol. The molecule has 1 rings (SSSR count). The first-order chi connectivity index (χ1) is 5.33. The van der Waals surface area contributed by atoms with Crippen LogP contribution in [0.2, 0.25) is 0 Å². The van der Waals surface area contributed by atoms with Gasteiger partial charge in [-0.2, -0.15) is 4.39 Å². The summed E-state index contributed by atoms with van der Waals surface area (Å²) in [6, 6.07) is 2.91. The van der Waals surface area contributed by atoms with Gasteiger partial charge in [0.25, 0.3) is 0 Å². The summed E-state index contributed by atoms with van der Waals surface area (Å²) >= 11 is 0. The normalized spacial score (nSPS) is 9.64. The summed E-state index contributed by atoms with van der Waals surface area (Å²) < 4.78 is 12.4. The van der Waals surface area contributed by atoms with Gasteiger partial charge in [0.15, 0.2) is 0 Å². The number of nitrogens with one attached hydrogen (secondary N) is 1. The van der Waals surface area contributed by atoms with E-state index in [0.29, 0.717) is 12.2 Å². The number of hydrogen-bond acceptors (Lipinski definition) is 3. The summed E-state index contributed by atoms with van der Waals surface area (Å²) in [4.78, 5) is 3.38. The van der Waals surface area contributed by atoms with Crippen LogP contribution in [-0.2, 0) is 0 Å². The maximum atomic E-state index is 12.4. The van der Waals surface area contributed by atoms with Gasteiger partial charge < -0.3 is 10.4 Å². The summed E-state index contributed by atoms with van der Waals surface area (Å²) in [7, 11) is 0. The molecule has 0 unspecified atom stereocenters. The van der Waals surface area contributed by atoms with Crippen LogP contribution in [-0.4, -0.2) is 23.2 Å². The van der Waals surface area contributed by atoms with Gasteiger partial charge in [-0.15, -0.1) is 0 Å². The lowest BCUT2D eigenvalue weighted by Crippen LogP contribution is -2.05. The molecule has 11 heavy (non-hydrogen) atoms. The molecule has 0 radical (unpaired) electrons. The molecule has 60 valence electrons. The van der Waals surface area contributed by atoms with E-state index in [9.17, 15) is 4.39 Å². The second-order valence-corrected chi connectivity index (χ2v) is 2.02. The Morgan fingerprint density at radius 2 is 2.45 bits per heavy atom. The molecule has 0 saturated heterocycles. The van der Waals surface area contributed by atoms with Crippen molar-refractivity contribution in [1.82, 2.24) is 4.98 Å². The first-order valence-corrected chi connectivity index (χ1v) is 3.29. The maximum Gasteiger partial charge on any atom is 0.214 e. The molecule has 0 saturated carbocycles. The average Bonchev–Trinajstić information content (AvgIpc) is 2.01. The van der Waals surface area contributed by atoms with Crippen LogP contribution in [0.5, 0.6) is 0 Å². The Kier molecular flexibility index (Phi) is 2.80. The Morgan fingerprint density at radius 3 is 3.09 bits per heavy atom. The number of hydrogen-bond donors (Lipinski definition) is 2. The smallest absolute Gasteiger partial charge is 0.214 e. The van der Waals surface area contributed by atoms with Gasteiger partial charge in [-0.3, -0.25) is 0 Å². The van der Waals surface area contributed by atoms with Crippen LogP contribution in [0.4, 0.5) is 10.1 Å². The van der Waals surface area contributed by atoms with Crippen molar-refractivity contribution < 1.29 is 9.50 Å². The molecule has 2 N–H and O–H groups in total. The summed E-state index contributed by atoms with van der Waals surface area (Å²) in [5, 5.41) is 11.2. The number of aliphatic hydroxyl groups excluding tert-OH is 1. The van der Waals surface area contributed by atoms with Gasteiger partial charge in [0.2, 0.25) is 5.95 Å². The summed E-state index contributed by atoms with van der Waals surface area (Å²) in [6.45, 7) is 0.452. The van der Waals surface area contributed by atoms with Crippen molar-refractivity contribution in [3.8, 4) is 0 Å². The molecule has 0 aliphatic rings. The Labute approximate surface area is 63.9 Å². The Bertz CT molecular complexity index is 229. The Hall–Kier alpha value is -1.16. The summed E-state index contributed by atoms with van der Waals surface area (Å²) in [5.74, 6) is -0.520. The molecule has 4 heteroatoms. The van der Waals surface area contributed by atoms with Crippen molar-refractivity contribution in [1.29, 1.82) is 0 Å². The van der Waals surface area contributed by atoms with Crippen molar-refractivity contribution >= 4 is 5.69 Å². The molecule has 0 aliphatic carbocycles. The monoisotopic (exact) mass is 156 g/mol. The van der Waals surface area contributed by atoms with E-state index in [1.807, 2.05) is 0 Å². The molecule has 0 spiro atoms. The third-order valence-corrected chi connectivity index (χ3v) is 1.17. The van der Waals surface area contributed by atoms with E-state index in [1.54, 1.807) is 6.07 Å². The van der Waals surface area contributed by atoms with Gasteiger partial charge in [0, 0.05) is 24.5 Å². The molecule has 0 bridgehead atoms. The van der Waals surface area contributed by atoms with Crippen LogP contribution in [0.25, 0.3) is 0 Å². The topological polar surface area (TPSA) is 45.1 Å². The number of pyridine rings is 1. The van der Waals surface area contributed by atoms with Crippen LogP contribution >= 0.6 is 0 Å². The molecule has 1 aromatic heterocycles. The first-order valence-electron chi connectivity index (χ1n) is 3.29. The van der Waals surface area contributed by atoms with Gasteiger partial charge in [-0.1, -0.05) is 0 Å². The fourth-order valence-corrected chi connectivity index (χ4v) is 0.713. The minimum atomic E-state index is -0.520. The standard InChI is InChI=1S/C7H9FN2O/c8-7-5-6(1-2-10-7)9-3-4-11/h1-2,5,11H,3-4H2,(H,9,10). The molecule has 0 aliphatic heterocycles. The van der Waals surface area contributed by atoms with E-state index in [0.717, 1.165) is 0 Å². The zero-order valence-electron chi connectivity index (χ0n) is 5.92. The van der Waals surface area contributed by atoms with Crippen LogP contribution in [0, 0.1) is 5.95 Å². The second kappa shape index (κ2) is 3.88. The fraction of sp³-hybridized carbons (Fsp3) is 0.286. The predicted molar refractivity (Wildman–Crippen MR) is 39.8 cm³/mol. The summed E-state index contributed by atoms with van der Waals surface area (Å²) in [6.07, 6.45) is 1.37. The number of aliphatic hydroxyl groups is 1.